The van der Waals surface area contributed by atoms with E-state index in [9.17, 15) is 0 Å². The Kier molecular flexibility index (Phi) is 2.47. The van der Waals surface area contributed by atoms with Crippen LogP contribution >= 0.6 is 0 Å². The van der Waals surface area contributed by atoms with Gasteiger partial charge in [0.05, 0.1) is 6.04 Å². The van der Waals surface area contributed by atoms with Gasteiger partial charge in [0, 0.05) is 5.54 Å². The summed E-state index contributed by atoms with van der Waals surface area (Å²) < 4.78 is 0. The molecule has 0 aromatic carbocycles. The van der Waals surface area contributed by atoms with Crippen LogP contribution in [0.1, 0.15) is 34.6 Å². The van der Waals surface area contributed by atoms with Gasteiger partial charge in [-0.05, 0) is 32.8 Å². The van der Waals surface area contributed by atoms with E-state index in [-0.39, 0.29) is 5.54 Å². The molecule has 0 bridgehead atoms. The fraction of sp³-hybridized carbons (Fsp3) is 0.800. The van der Waals surface area contributed by atoms with E-state index in [4.69, 9.17) is 4.84 Å². The van der Waals surface area contributed by atoms with E-state index in [1.54, 1.807) is 6.26 Å². The van der Waals surface area contributed by atoms with E-state index in [2.05, 4.69) is 45.8 Å². The topological polar surface area (TPSA) is 12.5 Å². The molecule has 2 heteroatoms. The van der Waals surface area contributed by atoms with Crippen molar-refractivity contribution in [1.29, 1.82) is 0 Å². The molecule has 0 aliphatic carbocycles. The summed E-state index contributed by atoms with van der Waals surface area (Å²) in [5.41, 5.74) is 0.0818. The molecule has 1 atom stereocenters. The standard InChI is InChI=1S/C10H19NO/c1-8(2)9-6-7-12-11(9)10(3,4)5/h6-9H,1-5H3. The van der Waals surface area contributed by atoms with Crippen LogP contribution in [0.4, 0.5) is 0 Å². The maximum Gasteiger partial charge on any atom is 0.109 e. The van der Waals surface area contributed by atoms with Gasteiger partial charge in [-0.25, -0.2) is 0 Å². The van der Waals surface area contributed by atoms with Gasteiger partial charge in [-0.15, -0.1) is 5.06 Å². The van der Waals surface area contributed by atoms with Crippen LogP contribution in [0.3, 0.4) is 0 Å². The van der Waals surface area contributed by atoms with Crippen molar-refractivity contribution in [2.24, 2.45) is 5.92 Å². The summed E-state index contributed by atoms with van der Waals surface area (Å²) in [6.07, 6.45) is 3.91. The molecule has 1 aliphatic rings. The predicted octanol–water partition coefficient (Wildman–Crippen LogP) is 2.57. The van der Waals surface area contributed by atoms with Crippen molar-refractivity contribution in [3.8, 4) is 0 Å². The molecule has 0 fully saturated rings. The summed E-state index contributed by atoms with van der Waals surface area (Å²) in [6.45, 7) is 10.9. The predicted molar refractivity (Wildman–Crippen MR) is 50.4 cm³/mol. The number of hydrogen-bond acceptors (Lipinski definition) is 2. The summed E-state index contributed by atoms with van der Waals surface area (Å²) in [6, 6.07) is 0.421. The third kappa shape index (κ3) is 1.81. The highest BCUT2D eigenvalue weighted by molar-refractivity contribution is 4.98. The normalized spacial score (nSPS) is 25.0. The van der Waals surface area contributed by atoms with Crippen molar-refractivity contribution in [3.63, 3.8) is 0 Å². The summed E-state index contributed by atoms with van der Waals surface area (Å²) >= 11 is 0. The minimum atomic E-state index is 0.0818. The van der Waals surface area contributed by atoms with Gasteiger partial charge in [0.1, 0.15) is 6.26 Å². The molecule has 0 amide bonds. The van der Waals surface area contributed by atoms with Gasteiger partial charge in [-0.1, -0.05) is 13.8 Å². The Morgan fingerprint density at radius 1 is 1.33 bits per heavy atom. The van der Waals surface area contributed by atoms with Crippen LogP contribution in [0.5, 0.6) is 0 Å². The van der Waals surface area contributed by atoms with E-state index in [1.807, 2.05) is 0 Å². The molecule has 12 heavy (non-hydrogen) atoms. The van der Waals surface area contributed by atoms with Crippen LogP contribution in [0.25, 0.3) is 0 Å². The highest BCUT2D eigenvalue weighted by atomic mass is 16.7. The lowest BCUT2D eigenvalue weighted by Crippen LogP contribution is -2.45. The fourth-order valence-corrected chi connectivity index (χ4v) is 1.43. The molecule has 0 aromatic heterocycles. The van der Waals surface area contributed by atoms with E-state index in [1.165, 1.54) is 0 Å². The second kappa shape index (κ2) is 3.09. The molecule has 70 valence electrons. The van der Waals surface area contributed by atoms with Crippen molar-refractivity contribution >= 4 is 0 Å². The first-order chi connectivity index (χ1) is 5.43. The van der Waals surface area contributed by atoms with Crippen LogP contribution in [-0.4, -0.2) is 16.6 Å². The zero-order valence-corrected chi connectivity index (χ0v) is 8.66. The van der Waals surface area contributed by atoms with Gasteiger partial charge >= 0.3 is 0 Å². The van der Waals surface area contributed by atoms with E-state index in [0.717, 1.165) is 0 Å². The maximum atomic E-state index is 5.44. The number of rotatable bonds is 1. The van der Waals surface area contributed by atoms with Gasteiger partial charge in [0.15, 0.2) is 0 Å². The Morgan fingerprint density at radius 2 is 1.92 bits per heavy atom. The lowest BCUT2D eigenvalue weighted by molar-refractivity contribution is -0.173. The van der Waals surface area contributed by atoms with Gasteiger partial charge in [-0.2, -0.15) is 0 Å². The molecule has 1 heterocycles. The average molecular weight is 169 g/mol. The average Bonchev–Trinajstić information content (AvgIpc) is 2.30. The zero-order chi connectivity index (χ0) is 9.35. The van der Waals surface area contributed by atoms with Crippen molar-refractivity contribution in [2.45, 2.75) is 46.2 Å². The monoisotopic (exact) mass is 169 g/mol. The molecule has 2 nitrogen and oxygen atoms in total. The Bertz CT molecular complexity index is 179. The first-order valence-corrected chi connectivity index (χ1v) is 4.55. The third-order valence-electron chi connectivity index (χ3n) is 2.07. The minimum absolute atomic E-state index is 0.0818. The van der Waals surface area contributed by atoms with Gasteiger partial charge in [0.25, 0.3) is 0 Å². The first-order valence-electron chi connectivity index (χ1n) is 4.55. The molecular formula is C10H19NO. The fourth-order valence-electron chi connectivity index (χ4n) is 1.43. The summed E-state index contributed by atoms with van der Waals surface area (Å²) in [5, 5.41) is 2.05. The van der Waals surface area contributed by atoms with E-state index in [0.29, 0.717) is 12.0 Å². The van der Waals surface area contributed by atoms with Crippen LogP contribution in [-0.2, 0) is 4.84 Å². The molecule has 0 saturated heterocycles. The quantitative estimate of drug-likeness (QED) is 0.598. The molecule has 0 saturated carbocycles. The van der Waals surface area contributed by atoms with E-state index < -0.39 is 0 Å². The van der Waals surface area contributed by atoms with Gasteiger partial charge < -0.3 is 4.84 Å². The zero-order valence-electron chi connectivity index (χ0n) is 8.66. The first kappa shape index (κ1) is 9.59. The number of hydrogen-bond donors (Lipinski definition) is 0. The smallest absolute Gasteiger partial charge is 0.109 e. The van der Waals surface area contributed by atoms with Crippen LogP contribution < -0.4 is 0 Å². The Hall–Kier alpha value is -0.500. The lowest BCUT2D eigenvalue weighted by atomic mass is 9.99. The summed E-state index contributed by atoms with van der Waals surface area (Å²) in [5.74, 6) is 0.600. The Balaban J connectivity index is 2.69. The van der Waals surface area contributed by atoms with Crippen molar-refractivity contribution < 1.29 is 4.84 Å². The van der Waals surface area contributed by atoms with Crippen molar-refractivity contribution in [1.82, 2.24) is 5.06 Å². The molecule has 0 N–H and O–H groups in total. The van der Waals surface area contributed by atoms with E-state index >= 15 is 0 Å². The molecule has 0 radical (unpaired) electrons. The number of nitrogens with zero attached hydrogens (tertiary/aromatic N) is 1. The molecule has 1 rings (SSSR count). The third-order valence-corrected chi connectivity index (χ3v) is 2.07. The minimum Gasteiger partial charge on any atom is -0.413 e. The molecular weight excluding hydrogens is 150 g/mol. The molecule has 0 spiro atoms. The van der Waals surface area contributed by atoms with Crippen LogP contribution in [0, 0.1) is 5.92 Å². The maximum absolute atomic E-state index is 5.44. The second-order valence-electron chi connectivity index (χ2n) is 4.67. The Morgan fingerprint density at radius 3 is 2.25 bits per heavy atom. The summed E-state index contributed by atoms with van der Waals surface area (Å²) in [4.78, 5) is 5.44. The second-order valence-corrected chi connectivity index (χ2v) is 4.67. The largest absolute Gasteiger partial charge is 0.413 e. The Labute approximate surface area is 75.2 Å². The molecule has 1 aliphatic heterocycles. The number of hydroxylamine groups is 2. The molecule has 0 aromatic rings. The SMILES string of the molecule is CC(C)C1C=CON1C(C)(C)C. The van der Waals surface area contributed by atoms with Crippen LogP contribution in [0.2, 0.25) is 0 Å². The van der Waals surface area contributed by atoms with Crippen molar-refractivity contribution in [3.05, 3.63) is 12.3 Å². The van der Waals surface area contributed by atoms with Gasteiger partial charge in [0.2, 0.25) is 0 Å². The molecule has 1 unspecified atom stereocenters. The van der Waals surface area contributed by atoms with Crippen molar-refractivity contribution in [2.75, 3.05) is 0 Å². The van der Waals surface area contributed by atoms with Crippen LogP contribution in [0.15, 0.2) is 12.3 Å². The lowest BCUT2D eigenvalue weighted by Gasteiger charge is -2.36. The van der Waals surface area contributed by atoms with Gasteiger partial charge in [-0.3, -0.25) is 0 Å². The highest BCUT2D eigenvalue weighted by Gasteiger charge is 2.33. The highest BCUT2D eigenvalue weighted by Crippen LogP contribution is 2.26. The summed E-state index contributed by atoms with van der Waals surface area (Å²) in [7, 11) is 0.